The summed E-state index contributed by atoms with van der Waals surface area (Å²) in [5.41, 5.74) is 5.35. The number of thiazole rings is 1. The second kappa shape index (κ2) is 8.41. The van der Waals surface area contributed by atoms with Gasteiger partial charge >= 0.3 is 0 Å². The van der Waals surface area contributed by atoms with Gasteiger partial charge in [0.1, 0.15) is 0 Å². The van der Waals surface area contributed by atoms with Gasteiger partial charge in [0.25, 0.3) is 5.91 Å². The Labute approximate surface area is 175 Å². The predicted molar refractivity (Wildman–Crippen MR) is 122 cm³/mol. The summed E-state index contributed by atoms with van der Waals surface area (Å²) in [6.07, 6.45) is 3.48. The van der Waals surface area contributed by atoms with Gasteiger partial charge in [0, 0.05) is 6.08 Å². The standard InChI is InChI=1S/C25H22N2OS/c1-18-13-14-19(2)24-23(18)26-25(29-24)27(17-21-11-7-4-8-12-21)22(28)16-15-20-9-5-3-6-10-20/h3-16H,17H2,1-2H3/b16-15+. The number of hydrogen-bond donors (Lipinski definition) is 0. The lowest BCUT2D eigenvalue weighted by Crippen LogP contribution is -2.28. The molecule has 1 heterocycles. The molecule has 29 heavy (non-hydrogen) atoms. The Hall–Kier alpha value is -3.24. The minimum Gasteiger partial charge on any atom is -0.280 e. The van der Waals surface area contributed by atoms with Crippen molar-refractivity contribution in [2.24, 2.45) is 0 Å². The van der Waals surface area contributed by atoms with Crippen LogP contribution in [-0.2, 0) is 11.3 Å². The minimum absolute atomic E-state index is 0.0768. The third-order valence-corrected chi connectivity index (χ3v) is 6.04. The third kappa shape index (κ3) is 4.28. The number of carbonyl (C=O) groups is 1. The average Bonchev–Trinajstić information content (AvgIpc) is 3.21. The fourth-order valence-corrected chi connectivity index (χ4v) is 4.31. The molecular formula is C25H22N2OS. The summed E-state index contributed by atoms with van der Waals surface area (Å²) in [5, 5.41) is 0.726. The Morgan fingerprint density at radius 3 is 2.28 bits per heavy atom. The van der Waals surface area contributed by atoms with E-state index < -0.39 is 0 Å². The van der Waals surface area contributed by atoms with Crippen molar-refractivity contribution < 1.29 is 4.79 Å². The number of hydrogen-bond acceptors (Lipinski definition) is 3. The summed E-state index contributed by atoms with van der Waals surface area (Å²) in [6, 6.07) is 24.1. The van der Waals surface area contributed by atoms with Crippen LogP contribution in [0.2, 0.25) is 0 Å². The molecule has 0 radical (unpaired) electrons. The molecule has 4 aromatic rings. The summed E-state index contributed by atoms with van der Waals surface area (Å²) in [5.74, 6) is -0.0768. The number of anilines is 1. The highest BCUT2D eigenvalue weighted by molar-refractivity contribution is 7.22. The molecule has 0 fully saturated rings. The number of amides is 1. The normalized spacial score (nSPS) is 11.2. The van der Waals surface area contributed by atoms with Gasteiger partial charge in [0.15, 0.2) is 5.13 Å². The number of fused-ring (bicyclic) bond motifs is 1. The van der Waals surface area contributed by atoms with Crippen LogP contribution in [0, 0.1) is 13.8 Å². The third-order valence-electron chi connectivity index (χ3n) is 4.83. The molecule has 0 unspecified atom stereocenters. The van der Waals surface area contributed by atoms with E-state index in [0.29, 0.717) is 6.54 Å². The van der Waals surface area contributed by atoms with Crippen LogP contribution < -0.4 is 4.90 Å². The number of nitrogens with zero attached hydrogens (tertiary/aromatic N) is 2. The van der Waals surface area contributed by atoms with E-state index in [2.05, 4.69) is 26.0 Å². The predicted octanol–water partition coefficient (Wildman–Crippen LogP) is 6.16. The van der Waals surface area contributed by atoms with Crippen molar-refractivity contribution in [3.05, 3.63) is 101 Å². The van der Waals surface area contributed by atoms with Gasteiger partial charge in [-0.15, -0.1) is 0 Å². The van der Waals surface area contributed by atoms with Crippen molar-refractivity contribution >= 4 is 38.7 Å². The highest BCUT2D eigenvalue weighted by Gasteiger charge is 2.19. The average molecular weight is 399 g/mol. The van der Waals surface area contributed by atoms with Crippen LogP contribution in [0.5, 0.6) is 0 Å². The molecular weight excluding hydrogens is 376 g/mol. The van der Waals surface area contributed by atoms with Crippen molar-refractivity contribution in [1.29, 1.82) is 0 Å². The highest BCUT2D eigenvalue weighted by Crippen LogP contribution is 2.34. The van der Waals surface area contributed by atoms with E-state index in [1.54, 1.807) is 22.3 Å². The van der Waals surface area contributed by atoms with Crippen molar-refractivity contribution in [3.8, 4) is 0 Å². The number of aryl methyl sites for hydroxylation is 2. The molecule has 4 rings (SSSR count). The van der Waals surface area contributed by atoms with Crippen LogP contribution in [0.4, 0.5) is 5.13 Å². The number of aromatic nitrogens is 1. The molecule has 0 atom stereocenters. The van der Waals surface area contributed by atoms with Gasteiger partial charge in [0.05, 0.1) is 16.8 Å². The fourth-order valence-electron chi connectivity index (χ4n) is 3.19. The Morgan fingerprint density at radius 2 is 1.59 bits per heavy atom. The van der Waals surface area contributed by atoms with Crippen LogP contribution in [-0.4, -0.2) is 10.9 Å². The minimum atomic E-state index is -0.0768. The SMILES string of the molecule is Cc1ccc(C)c2sc(N(Cc3ccccc3)C(=O)/C=C/c3ccccc3)nc12. The maximum atomic E-state index is 13.2. The lowest BCUT2D eigenvalue weighted by molar-refractivity contribution is -0.114. The Bertz CT molecular complexity index is 1120. The highest BCUT2D eigenvalue weighted by atomic mass is 32.1. The van der Waals surface area contributed by atoms with Crippen LogP contribution in [0.3, 0.4) is 0 Å². The monoisotopic (exact) mass is 398 g/mol. The molecule has 0 bridgehead atoms. The van der Waals surface area contributed by atoms with E-state index in [0.717, 1.165) is 32.0 Å². The van der Waals surface area contributed by atoms with Crippen LogP contribution in [0.15, 0.2) is 78.9 Å². The molecule has 1 amide bonds. The fraction of sp³-hybridized carbons (Fsp3) is 0.120. The molecule has 0 N–H and O–H groups in total. The van der Waals surface area contributed by atoms with Crippen molar-refractivity contribution in [2.75, 3.05) is 4.90 Å². The molecule has 0 spiro atoms. The maximum Gasteiger partial charge on any atom is 0.253 e. The molecule has 0 aliphatic rings. The van der Waals surface area contributed by atoms with Crippen LogP contribution in [0.1, 0.15) is 22.3 Å². The first-order chi connectivity index (χ1) is 14.1. The zero-order chi connectivity index (χ0) is 20.2. The van der Waals surface area contributed by atoms with Gasteiger partial charge in [-0.05, 0) is 42.2 Å². The molecule has 3 nitrogen and oxygen atoms in total. The van der Waals surface area contributed by atoms with Crippen molar-refractivity contribution in [1.82, 2.24) is 4.98 Å². The quantitative estimate of drug-likeness (QED) is 0.377. The Kier molecular flexibility index (Phi) is 5.54. The van der Waals surface area contributed by atoms with Gasteiger partial charge in [-0.1, -0.05) is 84.1 Å². The summed E-state index contributed by atoms with van der Waals surface area (Å²) < 4.78 is 1.14. The largest absolute Gasteiger partial charge is 0.280 e. The van der Waals surface area contributed by atoms with Crippen molar-refractivity contribution in [3.63, 3.8) is 0 Å². The Morgan fingerprint density at radius 1 is 0.931 bits per heavy atom. The van der Waals surface area contributed by atoms with Crippen LogP contribution in [0.25, 0.3) is 16.3 Å². The number of rotatable bonds is 5. The van der Waals surface area contributed by atoms with Gasteiger partial charge in [-0.2, -0.15) is 0 Å². The van der Waals surface area contributed by atoms with E-state index in [4.69, 9.17) is 4.98 Å². The smallest absolute Gasteiger partial charge is 0.253 e. The summed E-state index contributed by atoms with van der Waals surface area (Å²) in [4.78, 5) is 19.8. The zero-order valence-electron chi connectivity index (χ0n) is 16.5. The van der Waals surface area contributed by atoms with Gasteiger partial charge in [-0.3, -0.25) is 9.69 Å². The molecule has 1 aromatic heterocycles. The van der Waals surface area contributed by atoms with E-state index >= 15 is 0 Å². The number of benzene rings is 3. The summed E-state index contributed by atoms with van der Waals surface area (Å²) in [6.45, 7) is 4.63. The molecule has 0 aliphatic heterocycles. The van der Waals surface area contributed by atoms with E-state index in [1.165, 1.54) is 5.56 Å². The molecule has 0 saturated heterocycles. The van der Waals surface area contributed by atoms with Gasteiger partial charge in [-0.25, -0.2) is 4.98 Å². The zero-order valence-corrected chi connectivity index (χ0v) is 17.3. The lowest BCUT2D eigenvalue weighted by atomic mass is 10.1. The Balaban J connectivity index is 1.72. The summed E-state index contributed by atoms with van der Waals surface area (Å²) in [7, 11) is 0. The molecule has 3 aromatic carbocycles. The topological polar surface area (TPSA) is 33.2 Å². The second-order valence-corrected chi connectivity index (χ2v) is 8.01. The maximum absolute atomic E-state index is 13.2. The van der Waals surface area contributed by atoms with Gasteiger partial charge in [0.2, 0.25) is 0 Å². The first kappa shape index (κ1) is 19.1. The first-order valence-corrected chi connectivity index (χ1v) is 10.4. The molecule has 4 heteroatoms. The lowest BCUT2D eigenvalue weighted by Gasteiger charge is -2.18. The van der Waals surface area contributed by atoms with E-state index in [1.807, 2.05) is 66.7 Å². The summed E-state index contributed by atoms with van der Waals surface area (Å²) >= 11 is 1.58. The van der Waals surface area contributed by atoms with Crippen LogP contribution >= 0.6 is 11.3 Å². The number of carbonyl (C=O) groups excluding carboxylic acids is 1. The first-order valence-electron chi connectivity index (χ1n) is 9.57. The van der Waals surface area contributed by atoms with E-state index in [-0.39, 0.29) is 5.91 Å². The molecule has 0 aliphatic carbocycles. The van der Waals surface area contributed by atoms with Crippen molar-refractivity contribution in [2.45, 2.75) is 20.4 Å². The van der Waals surface area contributed by atoms with Gasteiger partial charge < -0.3 is 0 Å². The molecule has 0 saturated carbocycles. The van der Waals surface area contributed by atoms with E-state index in [9.17, 15) is 4.79 Å². The molecule has 144 valence electrons. The second-order valence-electron chi connectivity index (χ2n) is 7.03.